The van der Waals surface area contributed by atoms with E-state index in [4.69, 9.17) is 5.73 Å². The van der Waals surface area contributed by atoms with Crippen molar-refractivity contribution in [2.24, 2.45) is 5.10 Å². The van der Waals surface area contributed by atoms with Gasteiger partial charge in [-0.25, -0.2) is 0 Å². The van der Waals surface area contributed by atoms with E-state index in [0.29, 0.717) is 5.92 Å². The number of hydrogen-bond donors (Lipinski definition) is 1. The van der Waals surface area contributed by atoms with E-state index >= 15 is 0 Å². The normalized spacial score (nSPS) is 20.4. The number of rotatable bonds is 2. The molecule has 1 heterocycles. The molecule has 0 amide bonds. The second-order valence-corrected chi connectivity index (χ2v) is 3.51. The Morgan fingerprint density at radius 3 is 2.93 bits per heavy atom. The summed E-state index contributed by atoms with van der Waals surface area (Å²) in [6, 6.07) is 8.00. The largest absolute Gasteiger partial charge is 0.398 e. The summed E-state index contributed by atoms with van der Waals surface area (Å²) in [6.07, 6.45) is 1.98. The SMILES string of the molecule is CCN1CC(c2ccccc2N)C=N1. The molecule has 1 aromatic rings. The van der Waals surface area contributed by atoms with Gasteiger partial charge in [0.1, 0.15) is 0 Å². The Bertz CT molecular complexity index is 346. The van der Waals surface area contributed by atoms with Crippen LogP contribution in [0.1, 0.15) is 18.4 Å². The molecule has 74 valence electrons. The lowest BCUT2D eigenvalue weighted by molar-refractivity contribution is 0.328. The Morgan fingerprint density at radius 1 is 1.50 bits per heavy atom. The first-order valence-electron chi connectivity index (χ1n) is 4.94. The van der Waals surface area contributed by atoms with Crippen molar-refractivity contribution in [1.82, 2.24) is 5.01 Å². The molecule has 0 aromatic heterocycles. The highest BCUT2D eigenvalue weighted by atomic mass is 15.5. The van der Waals surface area contributed by atoms with Gasteiger partial charge in [0.25, 0.3) is 0 Å². The van der Waals surface area contributed by atoms with Gasteiger partial charge >= 0.3 is 0 Å². The molecule has 0 aliphatic carbocycles. The van der Waals surface area contributed by atoms with Crippen LogP contribution in [0.2, 0.25) is 0 Å². The highest BCUT2D eigenvalue weighted by Gasteiger charge is 2.19. The van der Waals surface area contributed by atoms with Crippen LogP contribution in [0.5, 0.6) is 0 Å². The fraction of sp³-hybridized carbons (Fsp3) is 0.364. The van der Waals surface area contributed by atoms with Gasteiger partial charge in [-0.1, -0.05) is 18.2 Å². The van der Waals surface area contributed by atoms with Crippen LogP contribution in [0.4, 0.5) is 5.69 Å². The summed E-state index contributed by atoms with van der Waals surface area (Å²) in [4.78, 5) is 0. The number of likely N-dealkylation sites (N-methyl/N-ethyl adjacent to an activating group) is 1. The Morgan fingerprint density at radius 2 is 2.29 bits per heavy atom. The number of nitrogens with two attached hydrogens (primary N) is 1. The number of hydrogen-bond acceptors (Lipinski definition) is 3. The summed E-state index contributed by atoms with van der Waals surface area (Å²) in [5.74, 6) is 0.358. The van der Waals surface area contributed by atoms with Gasteiger partial charge in [0.05, 0.1) is 0 Å². The minimum absolute atomic E-state index is 0.358. The first-order valence-corrected chi connectivity index (χ1v) is 4.94. The average Bonchev–Trinajstić information content (AvgIpc) is 2.67. The fourth-order valence-corrected chi connectivity index (χ4v) is 1.73. The molecule has 0 radical (unpaired) electrons. The van der Waals surface area contributed by atoms with Crippen molar-refractivity contribution in [3.8, 4) is 0 Å². The van der Waals surface area contributed by atoms with Crippen LogP contribution in [0.25, 0.3) is 0 Å². The van der Waals surface area contributed by atoms with Crippen LogP contribution >= 0.6 is 0 Å². The molecule has 14 heavy (non-hydrogen) atoms. The van der Waals surface area contributed by atoms with Crippen molar-refractivity contribution >= 4 is 11.9 Å². The van der Waals surface area contributed by atoms with E-state index in [9.17, 15) is 0 Å². The number of benzene rings is 1. The Labute approximate surface area is 84.2 Å². The minimum Gasteiger partial charge on any atom is -0.398 e. The number of hydrazone groups is 1. The molecule has 1 unspecified atom stereocenters. The predicted molar refractivity (Wildman–Crippen MR) is 59.3 cm³/mol. The molecule has 1 aliphatic rings. The Kier molecular flexibility index (Phi) is 2.39. The van der Waals surface area contributed by atoms with E-state index in [1.54, 1.807) is 0 Å². The van der Waals surface area contributed by atoms with Crippen molar-refractivity contribution in [3.63, 3.8) is 0 Å². The zero-order valence-corrected chi connectivity index (χ0v) is 8.35. The molecule has 2 rings (SSSR count). The second kappa shape index (κ2) is 3.70. The molecule has 0 spiro atoms. The van der Waals surface area contributed by atoms with Gasteiger partial charge in [-0.15, -0.1) is 0 Å². The maximum Gasteiger partial charge on any atom is 0.0480 e. The van der Waals surface area contributed by atoms with Crippen molar-refractivity contribution in [3.05, 3.63) is 29.8 Å². The summed E-state index contributed by atoms with van der Waals surface area (Å²) < 4.78 is 0. The Balaban J connectivity index is 2.18. The van der Waals surface area contributed by atoms with Crippen LogP contribution in [0.3, 0.4) is 0 Å². The molecule has 1 aromatic carbocycles. The quantitative estimate of drug-likeness (QED) is 0.719. The molecule has 2 N–H and O–H groups in total. The summed E-state index contributed by atoms with van der Waals surface area (Å²) in [5, 5.41) is 6.36. The maximum atomic E-state index is 5.91. The third kappa shape index (κ3) is 1.58. The highest BCUT2D eigenvalue weighted by Crippen LogP contribution is 2.24. The summed E-state index contributed by atoms with van der Waals surface area (Å²) in [6.45, 7) is 4.01. The lowest BCUT2D eigenvalue weighted by Gasteiger charge is -2.14. The Hall–Kier alpha value is -1.51. The van der Waals surface area contributed by atoms with E-state index < -0.39 is 0 Å². The number of para-hydroxylation sites is 1. The second-order valence-electron chi connectivity index (χ2n) is 3.51. The zero-order chi connectivity index (χ0) is 9.97. The van der Waals surface area contributed by atoms with E-state index in [-0.39, 0.29) is 0 Å². The third-order valence-electron chi connectivity index (χ3n) is 2.58. The standard InChI is InChI=1S/C11H15N3/c1-2-14-8-9(7-13-14)10-5-3-4-6-11(10)12/h3-7,9H,2,8,12H2,1H3. The first-order chi connectivity index (χ1) is 6.81. The van der Waals surface area contributed by atoms with Gasteiger partial charge < -0.3 is 5.73 Å². The number of nitrogens with zero attached hydrogens (tertiary/aromatic N) is 2. The summed E-state index contributed by atoms with van der Waals surface area (Å²) in [5.41, 5.74) is 7.96. The number of nitrogen functional groups attached to an aromatic ring is 1. The zero-order valence-electron chi connectivity index (χ0n) is 8.35. The van der Waals surface area contributed by atoms with Crippen molar-refractivity contribution in [2.45, 2.75) is 12.8 Å². The minimum atomic E-state index is 0.358. The van der Waals surface area contributed by atoms with Crippen molar-refractivity contribution in [2.75, 3.05) is 18.8 Å². The van der Waals surface area contributed by atoms with Gasteiger partial charge in [0.15, 0.2) is 0 Å². The van der Waals surface area contributed by atoms with Crippen molar-refractivity contribution < 1.29 is 0 Å². The van der Waals surface area contributed by atoms with E-state index in [2.05, 4.69) is 23.1 Å². The fourth-order valence-electron chi connectivity index (χ4n) is 1.73. The lowest BCUT2D eigenvalue weighted by Crippen LogP contribution is -2.17. The van der Waals surface area contributed by atoms with E-state index in [1.807, 2.05) is 24.4 Å². The molecule has 0 saturated carbocycles. The van der Waals surface area contributed by atoms with Crippen LogP contribution < -0.4 is 5.73 Å². The van der Waals surface area contributed by atoms with E-state index in [0.717, 1.165) is 18.8 Å². The highest BCUT2D eigenvalue weighted by molar-refractivity contribution is 5.73. The number of anilines is 1. The lowest BCUT2D eigenvalue weighted by atomic mass is 9.99. The van der Waals surface area contributed by atoms with Gasteiger partial charge in [-0.2, -0.15) is 5.10 Å². The topological polar surface area (TPSA) is 41.6 Å². The monoisotopic (exact) mass is 189 g/mol. The summed E-state index contributed by atoms with van der Waals surface area (Å²) in [7, 11) is 0. The van der Waals surface area contributed by atoms with Gasteiger partial charge in [-0.3, -0.25) is 5.01 Å². The van der Waals surface area contributed by atoms with Gasteiger partial charge in [0.2, 0.25) is 0 Å². The van der Waals surface area contributed by atoms with Crippen LogP contribution in [0.15, 0.2) is 29.4 Å². The van der Waals surface area contributed by atoms with Gasteiger partial charge in [0, 0.05) is 30.9 Å². The van der Waals surface area contributed by atoms with Crippen LogP contribution in [-0.4, -0.2) is 24.3 Å². The smallest absolute Gasteiger partial charge is 0.0480 e. The molecule has 0 saturated heterocycles. The predicted octanol–water partition coefficient (Wildman–Crippen LogP) is 1.67. The molecule has 1 atom stereocenters. The van der Waals surface area contributed by atoms with Crippen LogP contribution in [-0.2, 0) is 0 Å². The maximum absolute atomic E-state index is 5.91. The van der Waals surface area contributed by atoms with Crippen LogP contribution in [0, 0.1) is 0 Å². The third-order valence-corrected chi connectivity index (χ3v) is 2.58. The first kappa shape index (κ1) is 9.06. The molecule has 3 heteroatoms. The molecule has 0 bridgehead atoms. The van der Waals surface area contributed by atoms with Gasteiger partial charge in [-0.05, 0) is 18.6 Å². The molecule has 0 fully saturated rings. The van der Waals surface area contributed by atoms with E-state index in [1.165, 1.54) is 5.56 Å². The molecular formula is C11H15N3. The average molecular weight is 189 g/mol. The molecule has 3 nitrogen and oxygen atoms in total. The van der Waals surface area contributed by atoms with Crippen molar-refractivity contribution in [1.29, 1.82) is 0 Å². The summed E-state index contributed by atoms with van der Waals surface area (Å²) >= 11 is 0. The molecule has 1 aliphatic heterocycles. The molecular weight excluding hydrogens is 174 g/mol.